The molecule has 0 radical (unpaired) electrons. The summed E-state index contributed by atoms with van der Waals surface area (Å²) in [6.07, 6.45) is 10.2. The highest BCUT2D eigenvalue weighted by Gasteiger charge is 2.17. The number of thiazole rings is 1. The minimum absolute atomic E-state index is 0.0832. The Kier molecular flexibility index (Phi) is 6.16. The maximum atomic E-state index is 12.8. The molecule has 5 nitrogen and oxygen atoms in total. The molecular weight excluding hydrogens is 416 g/mol. The van der Waals surface area contributed by atoms with E-state index < -0.39 is 0 Å². The van der Waals surface area contributed by atoms with Crippen molar-refractivity contribution in [1.29, 1.82) is 0 Å². The second-order valence-electron chi connectivity index (χ2n) is 7.41. The maximum absolute atomic E-state index is 12.8. The zero-order valence-electron chi connectivity index (χ0n) is 17.0. The Bertz CT molecular complexity index is 1190. The molecule has 0 bridgehead atoms. The quantitative estimate of drug-likeness (QED) is 0.535. The highest BCUT2D eigenvalue weighted by atomic mass is 35.5. The van der Waals surface area contributed by atoms with Crippen molar-refractivity contribution in [3.8, 4) is 0 Å². The second kappa shape index (κ2) is 8.98. The minimum Gasteiger partial charge on any atom is -0.361 e. The summed E-state index contributed by atoms with van der Waals surface area (Å²) < 4.78 is 0. The highest BCUT2D eigenvalue weighted by molar-refractivity contribution is 7.14. The van der Waals surface area contributed by atoms with E-state index in [1.807, 2.05) is 43.6 Å². The molecule has 0 aliphatic carbocycles. The molecule has 154 valence electrons. The number of amides is 1. The molecule has 3 heterocycles. The van der Waals surface area contributed by atoms with Gasteiger partial charge >= 0.3 is 0 Å². The van der Waals surface area contributed by atoms with Crippen molar-refractivity contribution in [3.05, 3.63) is 68.4 Å². The first kappa shape index (κ1) is 20.6. The van der Waals surface area contributed by atoms with Crippen LogP contribution in [0.15, 0.2) is 47.2 Å². The summed E-state index contributed by atoms with van der Waals surface area (Å²) >= 11 is 7.55. The first-order chi connectivity index (χ1) is 14.5. The summed E-state index contributed by atoms with van der Waals surface area (Å²) in [5.41, 5.74) is 5.29. The van der Waals surface area contributed by atoms with Gasteiger partial charge in [-0.2, -0.15) is 0 Å². The molecule has 1 aromatic carbocycles. The molecule has 2 aromatic heterocycles. The van der Waals surface area contributed by atoms with Gasteiger partial charge in [0.25, 0.3) is 5.91 Å². The number of allylic oxidation sites excluding steroid dienone is 3. The molecule has 1 amide bonds. The largest absolute Gasteiger partial charge is 0.361 e. The molecule has 30 heavy (non-hydrogen) atoms. The molecule has 2 N–H and O–H groups in total. The standard InChI is InChI=1S/C23H23ClN4OS/c1-14-3-4-17(12-25-9-7-14)23-28-15(2)21(30-23)22(29)26-10-8-16-13-27-20-6-5-18(24)11-19(16)20/h5-7,9,11-13,27H,3-4,8,10H2,1-2H3,(H,26,29). The number of carbonyl (C=O) groups is 1. The van der Waals surface area contributed by atoms with E-state index in [9.17, 15) is 4.79 Å². The van der Waals surface area contributed by atoms with Gasteiger partial charge in [0, 0.05) is 46.7 Å². The van der Waals surface area contributed by atoms with Gasteiger partial charge in [-0.1, -0.05) is 17.2 Å². The van der Waals surface area contributed by atoms with Crippen LogP contribution in [0.2, 0.25) is 5.02 Å². The van der Waals surface area contributed by atoms with E-state index in [-0.39, 0.29) is 5.91 Å². The van der Waals surface area contributed by atoms with Gasteiger partial charge in [0.2, 0.25) is 0 Å². The highest BCUT2D eigenvalue weighted by Crippen LogP contribution is 2.29. The number of aliphatic imine (C=N–C) groups is 1. The number of nitrogens with zero attached hydrogens (tertiary/aromatic N) is 2. The van der Waals surface area contributed by atoms with Gasteiger partial charge in [0.15, 0.2) is 0 Å². The lowest BCUT2D eigenvalue weighted by atomic mass is 10.1. The van der Waals surface area contributed by atoms with Gasteiger partial charge in [-0.05, 0) is 62.9 Å². The van der Waals surface area contributed by atoms with Crippen LogP contribution in [0.3, 0.4) is 0 Å². The van der Waals surface area contributed by atoms with Crippen LogP contribution in [-0.4, -0.2) is 28.6 Å². The van der Waals surface area contributed by atoms with E-state index in [1.54, 1.807) is 6.21 Å². The maximum Gasteiger partial charge on any atom is 0.263 e. The first-order valence-corrected chi connectivity index (χ1v) is 11.1. The van der Waals surface area contributed by atoms with Crippen LogP contribution in [0, 0.1) is 6.92 Å². The molecule has 1 aliphatic heterocycles. The Morgan fingerprint density at radius 1 is 1.30 bits per heavy atom. The molecule has 0 spiro atoms. The molecule has 7 heteroatoms. The summed E-state index contributed by atoms with van der Waals surface area (Å²) in [5.74, 6) is -0.0832. The van der Waals surface area contributed by atoms with Gasteiger partial charge < -0.3 is 10.3 Å². The number of carbonyl (C=O) groups excluding carboxylic acids is 1. The Morgan fingerprint density at radius 3 is 3.03 bits per heavy atom. The van der Waals surface area contributed by atoms with Crippen LogP contribution in [0.4, 0.5) is 0 Å². The Labute approximate surface area is 184 Å². The van der Waals surface area contributed by atoms with Crippen LogP contribution in [0.1, 0.15) is 45.7 Å². The summed E-state index contributed by atoms with van der Waals surface area (Å²) in [6.45, 7) is 4.53. The lowest BCUT2D eigenvalue weighted by Crippen LogP contribution is -2.25. The number of nitrogens with one attached hydrogen (secondary N) is 2. The van der Waals surface area contributed by atoms with E-state index in [1.165, 1.54) is 16.9 Å². The zero-order valence-corrected chi connectivity index (χ0v) is 18.5. The summed E-state index contributed by atoms with van der Waals surface area (Å²) in [5, 5.41) is 5.70. The van der Waals surface area contributed by atoms with Gasteiger partial charge in [-0.25, -0.2) is 4.98 Å². The Balaban J connectivity index is 1.42. The molecule has 1 aliphatic rings. The Morgan fingerprint density at radius 2 is 2.17 bits per heavy atom. The SMILES string of the molecule is CC1=CC=NC=C(c2nc(C)c(C(=O)NCCc3c[nH]c4ccc(Cl)cc34)s2)CC1. The van der Waals surface area contributed by atoms with Gasteiger partial charge in [-0.15, -0.1) is 11.3 Å². The average Bonchev–Trinajstić information content (AvgIpc) is 3.28. The molecule has 0 atom stereocenters. The normalized spacial score (nSPS) is 14.2. The number of hydrogen-bond acceptors (Lipinski definition) is 4. The summed E-state index contributed by atoms with van der Waals surface area (Å²) in [7, 11) is 0. The van der Waals surface area contributed by atoms with Crippen molar-refractivity contribution < 1.29 is 4.79 Å². The van der Waals surface area contributed by atoms with Gasteiger partial charge in [0.05, 0.1) is 5.69 Å². The molecule has 0 unspecified atom stereocenters. The van der Waals surface area contributed by atoms with E-state index in [4.69, 9.17) is 11.6 Å². The summed E-state index contributed by atoms with van der Waals surface area (Å²) in [6, 6.07) is 5.78. The van der Waals surface area contributed by atoms with E-state index >= 15 is 0 Å². The van der Waals surface area contributed by atoms with Crippen molar-refractivity contribution in [1.82, 2.24) is 15.3 Å². The number of rotatable bonds is 5. The second-order valence-corrected chi connectivity index (χ2v) is 8.84. The number of halogens is 1. The van der Waals surface area contributed by atoms with Crippen molar-refractivity contribution in [2.24, 2.45) is 4.99 Å². The van der Waals surface area contributed by atoms with Crippen LogP contribution < -0.4 is 5.32 Å². The van der Waals surface area contributed by atoms with Gasteiger partial charge in [-0.3, -0.25) is 9.79 Å². The third kappa shape index (κ3) is 4.55. The number of H-pyrrole nitrogens is 1. The fraction of sp³-hybridized carbons (Fsp3) is 0.261. The Hall–Kier alpha value is -2.70. The van der Waals surface area contributed by atoms with Crippen LogP contribution in [0.5, 0.6) is 0 Å². The number of aromatic amines is 1. The number of benzene rings is 1. The summed E-state index contributed by atoms with van der Waals surface area (Å²) in [4.78, 5) is 25.6. The van der Waals surface area contributed by atoms with Crippen molar-refractivity contribution in [2.75, 3.05) is 6.54 Å². The van der Waals surface area contributed by atoms with Gasteiger partial charge in [0.1, 0.15) is 9.88 Å². The average molecular weight is 439 g/mol. The first-order valence-electron chi connectivity index (χ1n) is 9.91. The predicted molar refractivity (Wildman–Crippen MR) is 126 cm³/mol. The van der Waals surface area contributed by atoms with E-state index in [2.05, 4.69) is 27.2 Å². The number of aryl methyl sites for hydroxylation is 1. The lowest BCUT2D eigenvalue weighted by Gasteiger charge is -2.05. The minimum atomic E-state index is -0.0832. The lowest BCUT2D eigenvalue weighted by molar-refractivity contribution is 0.0957. The fourth-order valence-corrected chi connectivity index (χ4v) is 4.63. The molecule has 0 fully saturated rings. The molecule has 4 rings (SSSR count). The number of aromatic nitrogens is 2. The predicted octanol–water partition coefficient (Wildman–Crippen LogP) is 5.71. The van der Waals surface area contributed by atoms with Crippen molar-refractivity contribution >= 4 is 51.5 Å². The van der Waals surface area contributed by atoms with Crippen LogP contribution >= 0.6 is 22.9 Å². The third-order valence-electron chi connectivity index (χ3n) is 5.15. The molecule has 0 saturated carbocycles. The topological polar surface area (TPSA) is 70.1 Å². The fourth-order valence-electron chi connectivity index (χ4n) is 3.44. The molecule has 3 aromatic rings. The van der Waals surface area contributed by atoms with E-state index in [0.29, 0.717) is 16.4 Å². The number of fused-ring (bicyclic) bond motifs is 1. The van der Waals surface area contributed by atoms with Crippen molar-refractivity contribution in [3.63, 3.8) is 0 Å². The smallest absolute Gasteiger partial charge is 0.263 e. The zero-order chi connectivity index (χ0) is 21.1. The van der Waals surface area contributed by atoms with Crippen LogP contribution in [-0.2, 0) is 6.42 Å². The third-order valence-corrected chi connectivity index (χ3v) is 6.62. The van der Waals surface area contributed by atoms with E-state index in [0.717, 1.165) is 52.0 Å². The molecular formula is C23H23ClN4OS. The van der Waals surface area contributed by atoms with Crippen molar-refractivity contribution in [2.45, 2.75) is 33.1 Å². The molecule has 0 saturated heterocycles. The monoisotopic (exact) mass is 438 g/mol. The number of hydrogen-bond donors (Lipinski definition) is 2. The van der Waals surface area contributed by atoms with Crippen LogP contribution in [0.25, 0.3) is 16.5 Å².